The first-order valence-corrected chi connectivity index (χ1v) is 5.53. The molecule has 0 aromatic rings. The van der Waals surface area contributed by atoms with E-state index in [-0.39, 0.29) is 11.9 Å². The summed E-state index contributed by atoms with van der Waals surface area (Å²) in [7, 11) is 2.14. The summed E-state index contributed by atoms with van der Waals surface area (Å²) in [4.78, 5) is 15.5. The highest BCUT2D eigenvalue weighted by atomic mass is 16.1. The SMILES string of the molecule is C[C@@H](NCCN1CCN(C)CC1)C(N)=O. The van der Waals surface area contributed by atoms with Crippen LogP contribution in [-0.2, 0) is 4.79 Å². The van der Waals surface area contributed by atoms with Gasteiger partial charge in [0.25, 0.3) is 0 Å². The molecule has 15 heavy (non-hydrogen) atoms. The largest absolute Gasteiger partial charge is 0.368 e. The maximum absolute atomic E-state index is 10.8. The predicted octanol–water partition coefficient (Wildman–Crippen LogP) is -1.30. The number of likely N-dealkylation sites (N-methyl/N-ethyl adjacent to an activating group) is 1. The van der Waals surface area contributed by atoms with E-state index in [4.69, 9.17) is 5.73 Å². The van der Waals surface area contributed by atoms with E-state index in [2.05, 4.69) is 22.2 Å². The van der Waals surface area contributed by atoms with Crippen LogP contribution in [0.15, 0.2) is 0 Å². The lowest BCUT2D eigenvalue weighted by atomic mass is 10.3. The fraction of sp³-hybridized carbons (Fsp3) is 0.900. The van der Waals surface area contributed by atoms with Crippen LogP contribution in [0.4, 0.5) is 0 Å². The third-order valence-corrected chi connectivity index (χ3v) is 2.90. The lowest BCUT2D eigenvalue weighted by Crippen LogP contribution is -2.48. The number of amides is 1. The molecule has 1 saturated heterocycles. The summed E-state index contributed by atoms with van der Waals surface area (Å²) in [5.41, 5.74) is 5.15. The van der Waals surface area contributed by atoms with Gasteiger partial charge in [-0.15, -0.1) is 0 Å². The van der Waals surface area contributed by atoms with E-state index < -0.39 is 0 Å². The third-order valence-electron chi connectivity index (χ3n) is 2.90. The van der Waals surface area contributed by atoms with Crippen LogP contribution in [0, 0.1) is 0 Å². The standard InChI is InChI=1S/C10H22N4O/c1-9(10(11)15)12-3-4-14-7-5-13(2)6-8-14/h9,12H,3-8H2,1-2H3,(H2,11,15)/t9-/m1/s1. The summed E-state index contributed by atoms with van der Waals surface area (Å²) in [6, 6.07) is -0.225. The lowest BCUT2D eigenvalue weighted by Gasteiger charge is -2.32. The molecule has 0 aromatic heterocycles. The van der Waals surface area contributed by atoms with Gasteiger partial charge in [-0.1, -0.05) is 0 Å². The molecule has 1 aliphatic rings. The van der Waals surface area contributed by atoms with Crippen LogP contribution in [0.25, 0.3) is 0 Å². The summed E-state index contributed by atoms with van der Waals surface area (Å²) in [6.07, 6.45) is 0. The molecule has 0 bridgehead atoms. The zero-order valence-electron chi connectivity index (χ0n) is 9.70. The zero-order valence-corrected chi connectivity index (χ0v) is 9.70. The van der Waals surface area contributed by atoms with Crippen LogP contribution in [-0.4, -0.2) is 68.1 Å². The number of primary amides is 1. The van der Waals surface area contributed by atoms with Crippen molar-refractivity contribution >= 4 is 5.91 Å². The van der Waals surface area contributed by atoms with Gasteiger partial charge in [-0.05, 0) is 14.0 Å². The Hall–Kier alpha value is -0.650. The van der Waals surface area contributed by atoms with Crippen molar-refractivity contribution < 1.29 is 4.79 Å². The number of nitrogens with zero attached hydrogens (tertiary/aromatic N) is 2. The van der Waals surface area contributed by atoms with Crippen molar-refractivity contribution in [2.45, 2.75) is 13.0 Å². The summed E-state index contributed by atoms with van der Waals surface area (Å²) in [5.74, 6) is -0.284. The van der Waals surface area contributed by atoms with E-state index in [0.717, 1.165) is 39.3 Å². The molecule has 3 N–H and O–H groups in total. The first kappa shape index (κ1) is 12.4. The topological polar surface area (TPSA) is 61.6 Å². The monoisotopic (exact) mass is 214 g/mol. The second-order valence-corrected chi connectivity index (χ2v) is 4.22. The van der Waals surface area contributed by atoms with Crippen LogP contribution >= 0.6 is 0 Å². The molecule has 1 rings (SSSR count). The van der Waals surface area contributed by atoms with Gasteiger partial charge in [0, 0.05) is 39.3 Å². The van der Waals surface area contributed by atoms with Crippen molar-refractivity contribution in [1.29, 1.82) is 0 Å². The molecule has 0 aliphatic carbocycles. The molecule has 5 heteroatoms. The van der Waals surface area contributed by atoms with Gasteiger partial charge in [0.1, 0.15) is 0 Å². The quantitative estimate of drug-likeness (QED) is 0.597. The van der Waals surface area contributed by atoms with E-state index in [9.17, 15) is 4.79 Å². The molecule has 1 amide bonds. The zero-order chi connectivity index (χ0) is 11.3. The molecule has 5 nitrogen and oxygen atoms in total. The van der Waals surface area contributed by atoms with Crippen LogP contribution in [0.2, 0.25) is 0 Å². The van der Waals surface area contributed by atoms with Crippen molar-refractivity contribution in [2.24, 2.45) is 5.73 Å². The second-order valence-electron chi connectivity index (χ2n) is 4.22. The highest BCUT2D eigenvalue weighted by molar-refractivity contribution is 5.79. The van der Waals surface area contributed by atoms with Crippen molar-refractivity contribution in [2.75, 3.05) is 46.3 Å². The molecule has 0 aromatic carbocycles. The van der Waals surface area contributed by atoms with Crippen molar-refractivity contribution in [3.05, 3.63) is 0 Å². The molecule has 0 unspecified atom stereocenters. The second kappa shape index (κ2) is 6.05. The third kappa shape index (κ3) is 4.59. The highest BCUT2D eigenvalue weighted by Crippen LogP contribution is 1.97. The van der Waals surface area contributed by atoms with Crippen LogP contribution in [0.1, 0.15) is 6.92 Å². The highest BCUT2D eigenvalue weighted by Gasteiger charge is 2.13. The minimum atomic E-state index is -0.284. The molecule has 0 radical (unpaired) electrons. The lowest BCUT2D eigenvalue weighted by molar-refractivity contribution is -0.119. The first-order chi connectivity index (χ1) is 7.09. The fourth-order valence-electron chi connectivity index (χ4n) is 1.61. The fourth-order valence-corrected chi connectivity index (χ4v) is 1.61. The number of carbonyl (C=O) groups excluding carboxylic acids is 1. The average Bonchev–Trinajstić information content (AvgIpc) is 2.20. The summed E-state index contributed by atoms with van der Waals surface area (Å²) in [5, 5.41) is 3.11. The van der Waals surface area contributed by atoms with Crippen LogP contribution in [0.5, 0.6) is 0 Å². The van der Waals surface area contributed by atoms with E-state index >= 15 is 0 Å². The molecular formula is C10H22N4O. The van der Waals surface area contributed by atoms with E-state index in [1.807, 2.05) is 0 Å². The summed E-state index contributed by atoms with van der Waals surface area (Å²) >= 11 is 0. The first-order valence-electron chi connectivity index (χ1n) is 5.53. The summed E-state index contributed by atoms with van der Waals surface area (Å²) < 4.78 is 0. The van der Waals surface area contributed by atoms with Gasteiger partial charge in [-0.3, -0.25) is 9.69 Å². The van der Waals surface area contributed by atoms with Crippen LogP contribution < -0.4 is 11.1 Å². The van der Waals surface area contributed by atoms with Crippen molar-refractivity contribution in [3.63, 3.8) is 0 Å². The molecule has 88 valence electrons. The maximum Gasteiger partial charge on any atom is 0.234 e. The van der Waals surface area contributed by atoms with Crippen LogP contribution in [0.3, 0.4) is 0 Å². The van der Waals surface area contributed by atoms with Gasteiger partial charge in [0.2, 0.25) is 5.91 Å². The molecule has 1 heterocycles. The number of nitrogens with two attached hydrogens (primary N) is 1. The molecule has 1 atom stereocenters. The predicted molar refractivity (Wildman–Crippen MR) is 60.6 cm³/mol. The van der Waals surface area contributed by atoms with Crippen molar-refractivity contribution in [1.82, 2.24) is 15.1 Å². The smallest absolute Gasteiger partial charge is 0.234 e. The minimum absolute atomic E-state index is 0.225. The number of hydrogen-bond donors (Lipinski definition) is 2. The molecule has 1 fully saturated rings. The number of hydrogen-bond acceptors (Lipinski definition) is 4. The van der Waals surface area contributed by atoms with Gasteiger partial charge in [0.15, 0.2) is 0 Å². The molecule has 0 spiro atoms. The van der Waals surface area contributed by atoms with E-state index in [1.165, 1.54) is 0 Å². The Balaban J connectivity index is 2.07. The van der Waals surface area contributed by atoms with Gasteiger partial charge in [-0.2, -0.15) is 0 Å². The normalized spacial score (nSPS) is 21.5. The number of carbonyl (C=O) groups is 1. The Morgan fingerprint density at radius 2 is 2.00 bits per heavy atom. The minimum Gasteiger partial charge on any atom is -0.368 e. The molecule has 0 saturated carbocycles. The van der Waals surface area contributed by atoms with E-state index in [0.29, 0.717) is 0 Å². The molecule has 1 aliphatic heterocycles. The Kier molecular flexibility index (Phi) is 5.01. The Labute approximate surface area is 91.6 Å². The number of nitrogens with one attached hydrogen (secondary N) is 1. The Morgan fingerprint density at radius 3 is 2.53 bits per heavy atom. The number of piperazine rings is 1. The average molecular weight is 214 g/mol. The van der Waals surface area contributed by atoms with Gasteiger partial charge >= 0.3 is 0 Å². The Bertz CT molecular complexity index is 202. The van der Waals surface area contributed by atoms with Crippen molar-refractivity contribution in [3.8, 4) is 0 Å². The Morgan fingerprint density at radius 1 is 1.40 bits per heavy atom. The van der Waals surface area contributed by atoms with Gasteiger partial charge in [-0.25, -0.2) is 0 Å². The maximum atomic E-state index is 10.8. The number of rotatable bonds is 5. The summed E-state index contributed by atoms with van der Waals surface area (Å²) in [6.45, 7) is 8.11. The van der Waals surface area contributed by atoms with Gasteiger partial charge in [0.05, 0.1) is 6.04 Å². The van der Waals surface area contributed by atoms with Gasteiger partial charge < -0.3 is 16.0 Å². The van der Waals surface area contributed by atoms with E-state index in [1.54, 1.807) is 6.92 Å². The molecular weight excluding hydrogens is 192 g/mol.